The molecular weight excluding hydrogens is 220 g/mol. The van der Waals surface area contributed by atoms with Crippen molar-refractivity contribution in [2.45, 2.75) is 6.42 Å². The minimum absolute atomic E-state index is 0.206. The molecule has 0 amide bonds. The van der Waals surface area contributed by atoms with E-state index >= 15 is 0 Å². The lowest BCUT2D eigenvalue weighted by atomic mass is 10.0. The van der Waals surface area contributed by atoms with Gasteiger partial charge >= 0.3 is 0 Å². The van der Waals surface area contributed by atoms with Crippen LogP contribution in [0.15, 0.2) is 36.4 Å². The summed E-state index contributed by atoms with van der Waals surface area (Å²) in [5, 5.41) is 37.9. The fourth-order valence-electron chi connectivity index (χ4n) is 1.65. The lowest BCUT2D eigenvalue weighted by Crippen LogP contribution is -1.90. The van der Waals surface area contributed by atoms with Gasteiger partial charge in [-0.2, -0.15) is 0 Å². The molecule has 0 aliphatic heterocycles. The van der Waals surface area contributed by atoms with Crippen molar-refractivity contribution in [2.24, 2.45) is 0 Å². The number of rotatable bonds is 2. The molecule has 88 valence electrons. The summed E-state index contributed by atoms with van der Waals surface area (Å²) in [6, 6.07) is 9.23. The van der Waals surface area contributed by atoms with Gasteiger partial charge in [-0.15, -0.1) is 0 Å². The lowest BCUT2D eigenvalue weighted by molar-refractivity contribution is 0.395. The molecule has 4 nitrogen and oxygen atoms in total. The minimum atomic E-state index is -0.213. The SMILES string of the molecule is Oc1cccc(Cc2cccc(O)c2O)c1O. The van der Waals surface area contributed by atoms with Gasteiger partial charge in [0.05, 0.1) is 0 Å². The van der Waals surface area contributed by atoms with E-state index in [4.69, 9.17) is 0 Å². The fourth-order valence-corrected chi connectivity index (χ4v) is 1.65. The Balaban J connectivity index is 2.38. The van der Waals surface area contributed by atoms with Crippen LogP contribution in [0.1, 0.15) is 11.1 Å². The third kappa shape index (κ3) is 2.10. The molecule has 0 spiro atoms. The van der Waals surface area contributed by atoms with Crippen molar-refractivity contribution in [3.05, 3.63) is 47.5 Å². The quantitative estimate of drug-likeness (QED) is 0.598. The van der Waals surface area contributed by atoms with E-state index in [1.807, 2.05) is 0 Å². The highest BCUT2D eigenvalue weighted by molar-refractivity contribution is 5.50. The number of hydrogen-bond acceptors (Lipinski definition) is 4. The Morgan fingerprint density at radius 2 is 1.06 bits per heavy atom. The summed E-state index contributed by atoms with van der Waals surface area (Å²) in [6.07, 6.45) is 0.223. The Labute approximate surface area is 98.0 Å². The van der Waals surface area contributed by atoms with E-state index in [-0.39, 0.29) is 29.4 Å². The van der Waals surface area contributed by atoms with E-state index in [9.17, 15) is 20.4 Å². The van der Waals surface area contributed by atoms with Crippen LogP contribution < -0.4 is 0 Å². The summed E-state index contributed by atoms with van der Waals surface area (Å²) in [5.41, 5.74) is 0.955. The monoisotopic (exact) mass is 232 g/mol. The molecule has 0 fully saturated rings. The molecular formula is C13H12O4. The molecule has 4 N–H and O–H groups in total. The standard InChI is InChI=1S/C13H12O4/c14-10-5-1-3-8(12(10)16)7-9-4-2-6-11(15)13(9)17/h1-6,14-17H,7H2. The Morgan fingerprint density at radius 3 is 1.47 bits per heavy atom. The van der Waals surface area contributed by atoms with Gasteiger partial charge in [-0.05, 0) is 12.1 Å². The first kappa shape index (κ1) is 11.1. The number of phenols is 4. The van der Waals surface area contributed by atoms with Crippen molar-refractivity contribution in [1.82, 2.24) is 0 Å². The summed E-state index contributed by atoms with van der Waals surface area (Å²) < 4.78 is 0. The van der Waals surface area contributed by atoms with Crippen LogP contribution in [0.3, 0.4) is 0 Å². The van der Waals surface area contributed by atoms with Crippen molar-refractivity contribution in [1.29, 1.82) is 0 Å². The molecule has 0 saturated carbocycles. The van der Waals surface area contributed by atoms with E-state index in [1.165, 1.54) is 12.1 Å². The number of hydrogen-bond donors (Lipinski definition) is 4. The Kier molecular flexibility index (Phi) is 2.78. The predicted molar refractivity (Wildman–Crippen MR) is 62.3 cm³/mol. The average Bonchev–Trinajstić information content (AvgIpc) is 2.31. The van der Waals surface area contributed by atoms with Gasteiger partial charge < -0.3 is 20.4 Å². The molecule has 0 radical (unpaired) electrons. The largest absolute Gasteiger partial charge is 0.504 e. The summed E-state index contributed by atoms with van der Waals surface area (Å²) >= 11 is 0. The molecule has 17 heavy (non-hydrogen) atoms. The number of phenolic OH excluding ortho intramolecular Hbond substituents is 4. The third-order valence-electron chi connectivity index (χ3n) is 2.58. The van der Waals surface area contributed by atoms with Gasteiger partial charge in [-0.3, -0.25) is 0 Å². The van der Waals surface area contributed by atoms with Gasteiger partial charge in [0.25, 0.3) is 0 Å². The van der Waals surface area contributed by atoms with E-state index in [1.54, 1.807) is 24.3 Å². The van der Waals surface area contributed by atoms with Crippen LogP contribution in [-0.4, -0.2) is 20.4 Å². The normalized spacial score (nSPS) is 10.4. The molecule has 0 bridgehead atoms. The van der Waals surface area contributed by atoms with Crippen LogP contribution in [0.5, 0.6) is 23.0 Å². The second-order valence-corrected chi connectivity index (χ2v) is 3.75. The number of benzene rings is 2. The second kappa shape index (κ2) is 4.25. The van der Waals surface area contributed by atoms with E-state index < -0.39 is 0 Å². The fraction of sp³-hybridized carbons (Fsp3) is 0.0769. The molecule has 2 rings (SSSR count). The summed E-state index contributed by atoms with van der Waals surface area (Å²) in [5.74, 6) is -0.838. The van der Waals surface area contributed by atoms with Crippen molar-refractivity contribution in [2.75, 3.05) is 0 Å². The van der Waals surface area contributed by atoms with Gasteiger partial charge in [-0.1, -0.05) is 24.3 Å². The Morgan fingerprint density at radius 1 is 0.647 bits per heavy atom. The highest BCUT2D eigenvalue weighted by Gasteiger charge is 2.10. The molecule has 0 atom stereocenters. The molecule has 0 aliphatic rings. The van der Waals surface area contributed by atoms with Gasteiger partial charge in [0.1, 0.15) is 0 Å². The topological polar surface area (TPSA) is 80.9 Å². The molecule has 0 aromatic heterocycles. The zero-order chi connectivity index (χ0) is 12.4. The minimum Gasteiger partial charge on any atom is -0.504 e. The molecule has 0 aliphatic carbocycles. The zero-order valence-corrected chi connectivity index (χ0v) is 8.96. The maximum Gasteiger partial charge on any atom is 0.161 e. The zero-order valence-electron chi connectivity index (χ0n) is 8.96. The number of aromatic hydroxyl groups is 4. The first-order valence-electron chi connectivity index (χ1n) is 5.09. The van der Waals surface area contributed by atoms with Crippen molar-refractivity contribution in [3.63, 3.8) is 0 Å². The van der Waals surface area contributed by atoms with Crippen LogP contribution >= 0.6 is 0 Å². The van der Waals surface area contributed by atoms with E-state index in [0.29, 0.717) is 11.1 Å². The smallest absolute Gasteiger partial charge is 0.161 e. The maximum atomic E-state index is 9.62. The molecule has 0 heterocycles. The summed E-state index contributed by atoms with van der Waals surface area (Å²) in [4.78, 5) is 0. The highest BCUT2D eigenvalue weighted by Crippen LogP contribution is 2.34. The Hall–Kier alpha value is -2.36. The van der Waals surface area contributed by atoms with Crippen molar-refractivity contribution < 1.29 is 20.4 Å². The van der Waals surface area contributed by atoms with Gasteiger partial charge in [-0.25, -0.2) is 0 Å². The highest BCUT2D eigenvalue weighted by atomic mass is 16.3. The summed E-state index contributed by atoms with van der Waals surface area (Å²) in [6.45, 7) is 0. The third-order valence-corrected chi connectivity index (χ3v) is 2.58. The first-order valence-corrected chi connectivity index (χ1v) is 5.09. The first-order chi connectivity index (χ1) is 8.09. The Bertz CT molecular complexity index is 500. The molecule has 0 unspecified atom stereocenters. The van der Waals surface area contributed by atoms with Crippen LogP contribution in [0.2, 0.25) is 0 Å². The molecule has 2 aromatic rings. The van der Waals surface area contributed by atoms with Gasteiger partial charge in [0.15, 0.2) is 23.0 Å². The van der Waals surface area contributed by atoms with Gasteiger partial charge in [0.2, 0.25) is 0 Å². The van der Waals surface area contributed by atoms with E-state index in [2.05, 4.69) is 0 Å². The second-order valence-electron chi connectivity index (χ2n) is 3.75. The van der Waals surface area contributed by atoms with Crippen LogP contribution in [0.25, 0.3) is 0 Å². The van der Waals surface area contributed by atoms with E-state index in [0.717, 1.165) is 0 Å². The maximum absolute atomic E-state index is 9.62. The lowest BCUT2D eigenvalue weighted by Gasteiger charge is -2.08. The van der Waals surface area contributed by atoms with Crippen molar-refractivity contribution in [3.8, 4) is 23.0 Å². The molecule has 4 heteroatoms. The molecule has 0 saturated heterocycles. The van der Waals surface area contributed by atoms with Crippen LogP contribution in [0.4, 0.5) is 0 Å². The van der Waals surface area contributed by atoms with Crippen LogP contribution in [-0.2, 0) is 6.42 Å². The van der Waals surface area contributed by atoms with Gasteiger partial charge in [0, 0.05) is 17.5 Å². The van der Waals surface area contributed by atoms with Crippen molar-refractivity contribution >= 4 is 0 Å². The molecule has 2 aromatic carbocycles. The summed E-state index contributed by atoms with van der Waals surface area (Å²) in [7, 11) is 0. The van der Waals surface area contributed by atoms with Crippen LogP contribution in [0, 0.1) is 0 Å². The predicted octanol–water partition coefficient (Wildman–Crippen LogP) is 2.10. The number of para-hydroxylation sites is 2. The average molecular weight is 232 g/mol.